The standard InChI is InChI=1S/C26H32N2O5Si/c1-18(2)17-34(20-10-6-4-7-11-20,21-12-8-5-9-13-21)32-16-23-22(29)14-24(33-23)28-15-19(3)25(30)27-26(28)31/h4-13,15,18,22-24,29H,14,16-17H2,1-3H3,(H,27,30,31)/t22-,23+,24+/m0/s1. The summed E-state index contributed by atoms with van der Waals surface area (Å²) in [5.74, 6) is 0.400. The van der Waals surface area contributed by atoms with Crippen molar-refractivity contribution in [1.82, 2.24) is 9.55 Å². The summed E-state index contributed by atoms with van der Waals surface area (Å²) < 4.78 is 14.3. The van der Waals surface area contributed by atoms with Crippen LogP contribution >= 0.6 is 0 Å². The Labute approximate surface area is 200 Å². The van der Waals surface area contributed by atoms with Gasteiger partial charge in [0.15, 0.2) is 0 Å². The fourth-order valence-electron chi connectivity index (χ4n) is 4.68. The topological polar surface area (TPSA) is 93.6 Å². The average Bonchev–Trinajstić information content (AvgIpc) is 3.20. The Balaban J connectivity index is 1.62. The van der Waals surface area contributed by atoms with E-state index in [0.717, 1.165) is 6.04 Å². The Morgan fingerprint density at radius 2 is 1.68 bits per heavy atom. The highest BCUT2D eigenvalue weighted by atomic mass is 28.4. The first-order chi connectivity index (χ1) is 16.3. The number of aliphatic hydroxyl groups is 1. The maximum Gasteiger partial charge on any atom is 0.330 e. The van der Waals surface area contributed by atoms with Gasteiger partial charge >= 0.3 is 5.69 Å². The summed E-state index contributed by atoms with van der Waals surface area (Å²) in [6.45, 7) is 6.22. The monoisotopic (exact) mass is 480 g/mol. The number of aromatic nitrogens is 2. The molecule has 2 aromatic carbocycles. The number of nitrogens with zero attached hydrogens (tertiary/aromatic N) is 1. The highest BCUT2D eigenvalue weighted by molar-refractivity contribution is 6.97. The molecule has 3 atom stereocenters. The molecule has 0 bridgehead atoms. The third-order valence-electron chi connectivity index (χ3n) is 6.33. The molecule has 7 nitrogen and oxygen atoms in total. The van der Waals surface area contributed by atoms with E-state index < -0.39 is 38.0 Å². The maximum atomic E-state index is 12.3. The molecule has 1 aromatic heterocycles. The Morgan fingerprint density at radius 1 is 1.09 bits per heavy atom. The zero-order chi connectivity index (χ0) is 24.3. The Kier molecular flexibility index (Phi) is 7.32. The smallest absolute Gasteiger partial charge is 0.330 e. The molecule has 2 heterocycles. The molecular formula is C26H32N2O5Si. The first-order valence-electron chi connectivity index (χ1n) is 11.7. The Morgan fingerprint density at radius 3 is 2.24 bits per heavy atom. The second-order valence-corrected chi connectivity index (χ2v) is 12.9. The van der Waals surface area contributed by atoms with Crippen molar-refractivity contribution >= 4 is 18.7 Å². The molecule has 0 spiro atoms. The number of nitrogens with one attached hydrogen (secondary N) is 1. The molecule has 8 heteroatoms. The number of hydrogen-bond donors (Lipinski definition) is 2. The molecular weight excluding hydrogens is 448 g/mol. The van der Waals surface area contributed by atoms with E-state index in [-0.39, 0.29) is 13.0 Å². The number of aryl methyl sites for hydroxylation is 1. The van der Waals surface area contributed by atoms with E-state index in [1.807, 2.05) is 36.4 Å². The van der Waals surface area contributed by atoms with Gasteiger partial charge in [-0.05, 0) is 29.3 Å². The van der Waals surface area contributed by atoms with Gasteiger partial charge in [0.1, 0.15) is 12.3 Å². The molecule has 180 valence electrons. The van der Waals surface area contributed by atoms with Crippen LogP contribution < -0.4 is 21.6 Å². The molecule has 1 saturated heterocycles. The first-order valence-corrected chi connectivity index (χ1v) is 13.8. The number of hydrogen-bond acceptors (Lipinski definition) is 5. The highest BCUT2D eigenvalue weighted by Gasteiger charge is 2.43. The molecule has 1 aliphatic rings. The van der Waals surface area contributed by atoms with Crippen molar-refractivity contribution in [3.8, 4) is 0 Å². The van der Waals surface area contributed by atoms with E-state index in [4.69, 9.17) is 9.16 Å². The van der Waals surface area contributed by atoms with Crippen LogP contribution in [0.15, 0.2) is 76.4 Å². The molecule has 1 fully saturated rings. The molecule has 0 aliphatic carbocycles. The number of ether oxygens (including phenoxy) is 1. The summed E-state index contributed by atoms with van der Waals surface area (Å²) in [7, 11) is -2.64. The third-order valence-corrected chi connectivity index (χ3v) is 10.9. The molecule has 0 radical (unpaired) electrons. The van der Waals surface area contributed by atoms with Crippen LogP contribution in [0.1, 0.15) is 32.1 Å². The van der Waals surface area contributed by atoms with E-state index in [9.17, 15) is 14.7 Å². The fourth-order valence-corrected chi connectivity index (χ4v) is 8.99. The second kappa shape index (κ2) is 10.2. The zero-order valence-electron chi connectivity index (χ0n) is 19.8. The number of aromatic amines is 1. The maximum absolute atomic E-state index is 12.3. The lowest BCUT2D eigenvalue weighted by Crippen LogP contribution is -2.62. The van der Waals surface area contributed by atoms with Gasteiger partial charge in [-0.15, -0.1) is 0 Å². The van der Waals surface area contributed by atoms with Gasteiger partial charge in [-0.3, -0.25) is 14.3 Å². The molecule has 4 rings (SSSR count). The van der Waals surface area contributed by atoms with Gasteiger partial charge in [0, 0.05) is 18.2 Å². The van der Waals surface area contributed by atoms with Crippen molar-refractivity contribution in [2.24, 2.45) is 5.92 Å². The van der Waals surface area contributed by atoms with Crippen LogP contribution in [-0.2, 0) is 9.16 Å². The predicted octanol–water partition coefficient (Wildman–Crippen LogP) is 1.93. The molecule has 0 unspecified atom stereocenters. The van der Waals surface area contributed by atoms with Crippen LogP contribution in [0.3, 0.4) is 0 Å². The van der Waals surface area contributed by atoms with E-state index >= 15 is 0 Å². The molecule has 1 aliphatic heterocycles. The molecule has 34 heavy (non-hydrogen) atoms. The van der Waals surface area contributed by atoms with Crippen molar-refractivity contribution in [3.63, 3.8) is 0 Å². The lowest BCUT2D eigenvalue weighted by molar-refractivity contribution is -0.0422. The third kappa shape index (κ3) is 5.00. The van der Waals surface area contributed by atoms with Crippen LogP contribution in [0.25, 0.3) is 0 Å². The minimum absolute atomic E-state index is 0.206. The van der Waals surface area contributed by atoms with Crippen molar-refractivity contribution in [3.05, 3.63) is 93.3 Å². The highest BCUT2D eigenvalue weighted by Crippen LogP contribution is 2.29. The van der Waals surface area contributed by atoms with Crippen LogP contribution in [0.2, 0.25) is 6.04 Å². The van der Waals surface area contributed by atoms with Gasteiger partial charge < -0.3 is 14.3 Å². The fraction of sp³-hybridized carbons (Fsp3) is 0.385. The van der Waals surface area contributed by atoms with Crippen LogP contribution in [0.5, 0.6) is 0 Å². The molecule has 3 aromatic rings. The quantitative estimate of drug-likeness (QED) is 0.481. The van der Waals surface area contributed by atoms with Gasteiger partial charge in [-0.2, -0.15) is 0 Å². The number of rotatable bonds is 8. The lowest BCUT2D eigenvalue weighted by Gasteiger charge is -2.35. The van der Waals surface area contributed by atoms with E-state index in [1.165, 1.54) is 21.1 Å². The molecule has 2 N–H and O–H groups in total. The summed E-state index contributed by atoms with van der Waals surface area (Å²) in [6.07, 6.45) is -0.319. The summed E-state index contributed by atoms with van der Waals surface area (Å²) in [5, 5.41) is 13.1. The van der Waals surface area contributed by atoms with E-state index in [0.29, 0.717) is 11.5 Å². The Hall–Kier alpha value is -2.78. The van der Waals surface area contributed by atoms with Crippen molar-refractivity contribution < 1.29 is 14.3 Å². The first kappa shape index (κ1) is 24.3. The Bertz CT molecular complexity index is 1170. The van der Waals surface area contributed by atoms with Gasteiger partial charge in [0.05, 0.1) is 12.7 Å². The number of H-pyrrole nitrogens is 1. The normalized spacial score (nSPS) is 20.7. The zero-order valence-corrected chi connectivity index (χ0v) is 20.8. The number of benzene rings is 2. The lowest BCUT2D eigenvalue weighted by atomic mass is 10.2. The second-order valence-electron chi connectivity index (χ2n) is 9.38. The van der Waals surface area contributed by atoms with Crippen LogP contribution in [-0.4, -0.2) is 41.8 Å². The minimum atomic E-state index is -2.64. The van der Waals surface area contributed by atoms with Gasteiger partial charge in [-0.1, -0.05) is 74.5 Å². The van der Waals surface area contributed by atoms with Crippen molar-refractivity contribution in [2.75, 3.05) is 6.61 Å². The van der Waals surface area contributed by atoms with Gasteiger partial charge in [0.25, 0.3) is 13.9 Å². The largest absolute Gasteiger partial charge is 0.405 e. The van der Waals surface area contributed by atoms with Crippen molar-refractivity contribution in [1.29, 1.82) is 0 Å². The molecule has 0 saturated carbocycles. The average molecular weight is 481 g/mol. The van der Waals surface area contributed by atoms with Crippen LogP contribution in [0.4, 0.5) is 0 Å². The summed E-state index contributed by atoms with van der Waals surface area (Å²) in [4.78, 5) is 26.4. The van der Waals surface area contributed by atoms with E-state index in [1.54, 1.807) is 6.92 Å². The van der Waals surface area contributed by atoms with Gasteiger partial charge in [-0.25, -0.2) is 4.79 Å². The van der Waals surface area contributed by atoms with Gasteiger partial charge in [0.2, 0.25) is 0 Å². The summed E-state index contributed by atoms with van der Waals surface area (Å²) in [5.41, 5.74) is -0.560. The summed E-state index contributed by atoms with van der Waals surface area (Å²) in [6, 6.07) is 21.5. The van der Waals surface area contributed by atoms with Crippen molar-refractivity contribution in [2.45, 2.75) is 51.7 Å². The SMILES string of the molecule is Cc1cn([C@H]2C[C@H](O)[C@@H](CO[Si](CC(C)C)(c3ccccc3)c3ccccc3)O2)c(=O)[nH]c1=O. The van der Waals surface area contributed by atoms with Crippen LogP contribution in [0, 0.1) is 12.8 Å². The molecule has 0 amide bonds. The number of aliphatic hydroxyl groups excluding tert-OH is 1. The predicted molar refractivity (Wildman–Crippen MR) is 134 cm³/mol. The summed E-state index contributed by atoms with van der Waals surface area (Å²) >= 11 is 0. The minimum Gasteiger partial charge on any atom is -0.405 e. The van der Waals surface area contributed by atoms with E-state index in [2.05, 4.69) is 43.1 Å².